The zero-order valence-electron chi connectivity index (χ0n) is 9.86. The molecule has 5 heteroatoms. The second kappa shape index (κ2) is 5.09. The molecule has 1 heterocycles. The second-order valence-corrected chi connectivity index (χ2v) is 4.56. The average molecular weight is 325 g/mol. The van der Waals surface area contributed by atoms with Crippen LogP contribution in [0.4, 0.5) is 4.39 Å². The molecule has 0 spiro atoms. The molecule has 2 aromatic rings. The van der Waals surface area contributed by atoms with Gasteiger partial charge in [-0.05, 0) is 30.3 Å². The zero-order valence-corrected chi connectivity index (χ0v) is 11.4. The molecule has 0 saturated carbocycles. The molecule has 0 aliphatic carbocycles. The van der Waals surface area contributed by atoms with Crippen LogP contribution in [0, 0.1) is 5.82 Å². The molecule has 0 bridgehead atoms. The van der Waals surface area contributed by atoms with E-state index in [0.29, 0.717) is 28.3 Å². The van der Waals surface area contributed by atoms with Crippen molar-refractivity contribution in [1.82, 2.24) is 0 Å². The van der Waals surface area contributed by atoms with E-state index >= 15 is 0 Å². The molecule has 2 aromatic carbocycles. The van der Waals surface area contributed by atoms with Crippen LogP contribution in [-0.4, -0.2) is 6.79 Å². The van der Waals surface area contributed by atoms with Crippen LogP contribution < -0.4 is 14.2 Å². The summed E-state index contributed by atoms with van der Waals surface area (Å²) in [6.45, 7) is 0.224. The van der Waals surface area contributed by atoms with Crippen LogP contribution in [0.2, 0.25) is 0 Å². The number of hydrogen-bond acceptors (Lipinski definition) is 3. The number of ether oxygens (including phenoxy) is 3. The molecular weight excluding hydrogens is 315 g/mol. The molecule has 0 atom stereocenters. The zero-order chi connectivity index (χ0) is 13.2. The predicted octanol–water partition coefficient (Wildman–Crippen LogP) is 4.24. The number of halogens is 2. The Hall–Kier alpha value is -1.75. The Morgan fingerprint density at radius 2 is 1.95 bits per heavy atom. The maximum Gasteiger partial charge on any atom is 0.231 e. The van der Waals surface area contributed by atoms with Crippen LogP contribution >= 0.6 is 15.9 Å². The molecule has 0 amide bonds. The normalized spacial score (nSPS) is 12.5. The van der Waals surface area contributed by atoms with Crippen LogP contribution in [0.1, 0.15) is 5.56 Å². The summed E-state index contributed by atoms with van der Waals surface area (Å²) in [6.07, 6.45) is 0. The summed E-state index contributed by atoms with van der Waals surface area (Å²) in [7, 11) is 0. The first kappa shape index (κ1) is 12.3. The van der Waals surface area contributed by atoms with Gasteiger partial charge in [-0.2, -0.15) is 0 Å². The highest BCUT2D eigenvalue weighted by Crippen LogP contribution is 2.37. The summed E-state index contributed by atoms with van der Waals surface area (Å²) in [5, 5.41) is 0.518. The fourth-order valence-corrected chi connectivity index (χ4v) is 2.26. The predicted molar refractivity (Wildman–Crippen MR) is 71.7 cm³/mol. The Bertz CT molecular complexity index is 616. The molecule has 0 aromatic heterocycles. The van der Waals surface area contributed by atoms with Crippen molar-refractivity contribution >= 4 is 15.9 Å². The van der Waals surface area contributed by atoms with E-state index in [1.54, 1.807) is 24.3 Å². The summed E-state index contributed by atoms with van der Waals surface area (Å²) in [5.41, 5.74) is 0.748. The third kappa shape index (κ3) is 2.51. The molecule has 0 saturated heterocycles. The molecule has 1 aliphatic rings. The minimum atomic E-state index is -0.285. The van der Waals surface area contributed by atoms with Gasteiger partial charge in [-0.25, -0.2) is 4.39 Å². The van der Waals surface area contributed by atoms with Gasteiger partial charge in [-0.1, -0.05) is 15.9 Å². The van der Waals surface area contributed by atoms with Gasteiger partial charge >= 0.3 is 0 Å². The number of hydrogen-bond donors (Lipinski definition) is 0. The molecule has 0 radical (unpaired) electrons. The lowest BCUT2D eigenvalue weighted by Crippen LogP contribution is -1.93. The fraction of sp³-hybridized carbons (Fsp3) is 0.143. The standard InChI is InChI=1S/C14H10BrFO3/c15-7-9-5-10(16)1-3-12(9)19-11-2-4-13-14(6-11)18-8-17-13/h1-6H,7-8H2. The summed E-state index contributed by atoms with van der Waals surface area (Å²) < 4.78 is 29.4. The van der Waals surface area contributed by atoms with Crippen LogP contribution in [0.3, 0.4) is 0 Å². The van der Waals surface area contributed by atoms with Crippen molar-refractivity contribution in [1.29, 1.82) is 0 Å². The van der Waals surface area contributed by atoms with Gasteiger partial charge in [-0.15, -0.1) is 0 Å². The minimum Gasteiger partial charge on any atom is -0.457 e. The highest BCUT2D eigenvalue weighted by molar-refractivity contribution is 9.08. The molecular formula is C14H10BrFO3. The molecule has 1 aliphatic heterocycles. The lowest BCUT2D eigenvalue weighted by atomic mass is 10.2. The summed E-state index contributed by atoms with van der Waals surface area (Å²) in [5.74, 6) is 2.30. The van der Waals surface area contributed by atoms with E-state index in [9.17, 15) is 4.39 Å². The van der Waals surface area contributed by atoms with E-state index in [4.69, 9.17) is 14.2 Å². The minimum absolute atomic E-state index is 0.224. The van der Waals surface area contributed by atoms with Gasteiger partial charge in [0.2, 0.25) is 6.79 Å². The van der Waals surface area contributed by atoms with Gasteiger partial charge in [0.25, 0.3) is 0 Å². The maximum atomic E-state index is 13.1. The smallest absolute Gasteiger partial charge is 0.231 e. The van der Waals surface area contributed by atoms with E-state index in [-0.39, 0.29) is 12.6 Å². The van der Waals surface area contributed by atoms with Crippen molar-refractivity contribution in [2.75, 3.05) is 6.79 Å². The van der Waals surface area contributed by atoms with E-state index in [1.165, 1.54) is 12.1 Å². The van der Waals surface area contributed by atoms with Gasteiger partial charge in [0.05, 0.1) is 0 Å². The average Bonchev–Trinajstić information content (AvgIpc) is 2.88. The topological polar surface area (TPSA) is 27.7 Å². The van der Waals surface area contributed by atoms with E-state index < -0.39 is 0 Å². The summed E-state index contributed by atoms with van der Waals surface area (Å²) >= 11 is 3.31. The number of rotatable bonds is 3. The van der Waals surface area contributed by atoms with Crippen molar-refractivity contribution in [3.05, 3.63) is 47.8 Å². The third-order valence-corrected chi connectivity index (χ3v) is 3.34. The highest BCUT2D eigenvalue weighted by atomic mass is 79.9. The summed E-state index contributed by atoms with van der Waals surface area (Å²) in [4.78, 5) is 0. The molecule has 19 heavy (non-hydrogen) atoms. The third-order valence-electron chi connectivity index (χ3n) is 2.74. The van der Waals surface area contributed by atoms with Gasteiger partial charge < -0.3 is 14.2 Å². The lowest BCUT2D eigenvalue weighted by molar-refractivity contribution is 0.174. The van der Waals surface area contributed by atoms with E-state index in [1.807, 2.05) is 0 Å². The first-order valence-corrected chi connectivity index (χ1v) is 6.80. The number of fused-ring (bicyclic) bond motifs is 1. The SMILES string of the molecule is Fc1ccc(Oc2ccc3c(c2)OCO3)c(CBr)c1. The van der Waals surface area contributed by atoms with Crippen LogP contribution in [0.25, 0.3) is 0 Å². The second-order valence-electron chi connectivity index (χ2n) is 4.00. The first-order chi connectivity index (χ1) is 9.26. The Balaban J connectivity index is 1.89. The van der Waals surface area contributed by atoms with Crippen molar-refractivity contribution in [3.8, 4) is 23.0 Å². The lowest BCUT2D eigenvalue weighted by Gasteiger charge is -2.10. The van der Waals surface area contributed by atoms with Crippen molar-refractivity contribution in [3.63, 3.8) is 0 Å². The van der Waals surface area contributed by atoms with Crippen LogP contribution in [-0.2, 0) is 5.33 Å². The molecule has 3 rings (SSSR count). The molecule has 0 N–H and O–H groups in total. The van der Waals surface area contributed by atoms with Gasteiger partial charge in [0, 0.05) is 17.0 Å². The number of benzene rings is 2. The largest absolute Gasteiger partial charge is 0.457 e. The Morgan fingerprint density at radius 1 is 1.11 bits per heavy atom. The maximum absolute atomic E-state index is 13.1. The summed E-state index contributed by atoms with van der Waals surface area (Å²) in [6, 6.07) is 9.75. The Morgan fingerprint density at radius 3 is 2.79 bits per heavy atom. The first-order valence-electron chi connectivity index (χ1n) is 5.68. The molecule has 3 nitrogen and oxygen atoms in total. The van der Waals surface area contributed by atoms with Crippen molar-refractivity contribution in [2.45, 2.75) is 5.33 Å². The van der Waals surface area contributed by atoms with Crippen molar-refractivity contribution in [2.24, 2.45) is 0 Å². The van der Waals surface area contributed by atoms with E-state index in [2.05, 4.69) is 15.9 Å². The van der Waals surface area contributed by atoms with Gasteiger partial charge in [0.15, 0.2) is 11.5 Å². The Labute approximate surface area is 118 Å². The molecule has 98 valence electrons. The highest BCUT2D eigenvalue weighted by Gasteiger charge is 2.14. The van der Waals surface area contributed by atoms with Crippen LogP contribution in [0.5, 0.6) is 23.0 Å². The van der Waals surface area contributed by atoms with Crippen LogP contribution in [0.15, 0.2) is 36.4 Å². The Kier molecular flexibility index (Phi) is 3.29. The van der Waals surface area contributed by atoms with Crippen molar-refractivity contribution < 1.29 is 18.6 Å². The monoisotopic (exact) mass is 324 g/mol. The number of alkyl halides is 1. The fourth-order valence-electron chi connectivity index (χ4n) is 1.82. The van der Waals surface area contributed by atoms with Gasteiger partial charge in [0.1, 0.15) is 17.3 Å². The van der Waals surface area contributed by atoms with Gasteiger partial charge in [-0.3, -0.25) is 0 Å². The molecule has 0 fully saturated rings. The quantitative estimate of drug-likeness (QED) is 0.790. The van der Waals surface area contributed by atoms with E-state index in [0.717, 1.165) is 5.56 Å². The molecule has 0 unspecified atom stereocenters.